The van der Waals surface area contributed by atoms with Gasteiger partial charge in [-0.3, -0.25) is 0 Å². The van der Waals surface area contributed by atoms with Crippen LogP contribution in [0.4, 0.5) is 0 Å². The Kier molecular flexibility index (Phi) is 3.63. The molecular formula is C16H26N3OS+. The van der Waals surface area contributed by atoms with E-state index in [0.717, 1.165) is 35.1 Å². The van der Waals surface area contributed by atoms with E-state index in [1.807, 2.05) is 0 Å². The van der Waals surface area contributed by atoms with E-state index in [1.165, 1.54) is 49.3 Å². The molecule has 0 saturated heterocycles. The van der Waals surface area contributed by atoms with Crippen molar-refractivity contribution in [2.75, 3.05) is 19.4 Å². The van der Waals surface area contributed by atoms with E-state index in [1.54, 1.807) is 11.8 Å². The molecule has 5 aliphatic rings. The minimum absolute atomic E-state index is 0.266. The van der Waals surface area contributed by atoms with Crippen molar-refractivity contribution in [2.24, 2.45) is 33.4 Å². The van der Waals surface area contributed by atoms with Crippen LogP contribution in [-0.4, -0.2) is 35.5 Å². The molecule has 0 aromatic carbocycles. The van der Waals surface area contributed by atoms with E-state index in [0.29, 0.717) is 5.41 Å². The fraction of sp³-hybridized carbons (Fsp3) is 0.875. The Morgan fingerprint density at radius 2 is 1.76 bits per heavy atom. The first-order chi connectivity index (χ1) is 10.2. The number of hydrogen-bond donors (Lipinski definition) is 2. The molecule has 5 rings (SSSR count). The highest BCUT2D eigenvalue weighted by Crippen LogP contribution is 2.60. The molecule has 1 heterocycles. The highest BCUT2D eigenvalue weighted by atomic mass is 32.2. The Hall–Kier alpha value is -0.390. The van der Waals surface area contributed by atoms with Gasteiger partial charge in [0.25, 0.3) is 5.17 Å². The third kappa shape index (κ3) is 2.37. The number of nitrogens with zero attached hydrogens (tertiary/aromatic N) is 2. The lowest BCUT2D eigenvalue weighted by Crippen LogP contribution is -3.14. The molecule has 5 heteroatoms. The van der Waals surface area contributed by atoms with Gasteiger partial charge in [0, 0.05) is 12.4 Å². The maximum Gasteiger partial charge on any atom is 0.287 e. The minimum Gasteiger partial charge on any atom is -0.396 e. The Labute approximate surface area is 131 Å². The fourth-order valence-electron chi connectivity index (χ4n) is 5.62. The molecule has 4 saturated carbocycles. The normalized spacial score (nSPS) is 44.1. The second-order valence-corrected chi connectivity index (χ2v) is 8.69. The molecule has 1 aliphatic heterocycles. The summed E-state index contributed by atoms with van der Waals surface area (Å²) in [4.78, 5) is 1.33. The SMILES string of the molecule is C[NH+]1C(SCCCO)=NN=C1C12CC3CC(CC(C3)C1)C2. The number of thioether (sulfide) groups is 1. The maximum atomic E-state index is 8.92. The summed E-state index contributed by atoms with van der Waals surface area (Å²) in [5.41, 5.74) is 0.363. The third-order valence-electron chi connectivity index (χ3n) is 6.00. The van der Waals surface area contributed by atoms with Crippen molar-refractivity contribution in [1.82, 2.24) is 0 Å². The zero-order chi connectivity index (χ0) is 14.4. The van der Waals surface area contributed by atoms with Crippen LogP contribution in [0.1, 0.15) is 44.9 Å². The van der Waals surface area contributed by atoms with E-state index in [4.69, 9.17) is 5.11 Å². The topological polar surface area (TPSA) is 49.4 Å². The smallest absolute Gasteiger partial charge is 0.287 e. The van der Waals surface area contributed by atoms with E-state index in [-0.39, 0.29) is 6.61 Å². The summed E-state index contributed by atoms with van der Waals surface area (Å²) in [5, 5.41) is 19.2. The summed E-state index contributed by atoms with van der Waals surface area (Å²) < 4.78 is 0. The number of nitrogens with one attached hydrogen (secondary N) is 1. The van der Waals surface area contributed by atoms with Crippen molar-refractivity contribution >= 4 is 22.8 Å². The number of aliphatic hydroxyl groups is 1. The van der Waals surface area contributed by atoms with Gasteiger partial charge in [0.1, 0.15) is 0 Å². The van der Waals surface area contributed by atoms with E-state index in [9.17, 15) is 0 Å². The van der Waals surface area contributed by atoms with Gasteiger partial charge in [0.2, 0.25) is 5.84 Å². The van der Waals surface area contributed by atoms with E-state index in [2.05, 4.69) is 17.3 Å². The van der Waals surface area contributed by atoms with Crippen LogP contribution in [0.15, 0.2) is 10.2 Å². The summed E-state index contributed by atoms with van der Waals surface area (Å²) in [6.07, 6.45) is 9.35. The molecule has 1 unspecified atom stereocenters. The van der Waals surface area contributed by atoms with Gasteiger partial charge < -0.3 is 5.11 Å². The largest absolute Gasteiger partial charge is 0.396 e. The standard InChI is InChI=1S/C16H25N3OS/c1-19-14(17-18-15(19)21-4-2-3-20)16-8-11-5-12(9-16)7-13(6-11)10-16/h11-13,20H,2-10H2,1H3/p+1. The summed E-state index contributed by atoms with van der Waals surface area (Å²) in [5.74, 6) is 5.14. The first-order valence-corrected chi connectivity index (χ1v) is 9.43. The Morgan fingerprint density at radius 1 is 1.14 bits per heavy atom. The van der Waals surface area contributed by atoms with Crippen LogP contribution in [0.25, 0.3) is 0 Å². The zero-order valence-corrected chi connectivity index (χ0v) is 13.7. The van der Waals surface area contributed by atoms with Gasteiger partial charge in [0.05, 0.1) is 12.5 Å². The van der Waals surface area contributed by atoms with Crippen LogP contribution >= 0.6 is 11.8 Å². The highest BCUT2D eigenvalue weighted by molar-refractivity contribution is 8.13. The second kappa shape index (κ2) is 5.36. The predicted molar refractivity (Wildman–Crippen MR) is 86.5 cm³/mol. The molecule has 4 fully saturated rings. The molecular weight excluding hydrogens is 282 g/mol. The fourth-order valence-corrected chi connectivity index (χ4v) is 6.50. The lowest BCUT2D eigenvalue weighted by atomic mass is 9.49. The summed E-state index contributed by atoms with van der Waals surface area (Å²) >= 11 is 1.76. The number of rotatable bonds is 4. The van der Waals surface area contributed by atoms with Crippen LogP contribution in [0, 0.1) is 23.2 Å². The van der Waals surface area contributed by atoms with Gasteiger partial charge in [0.15, 0.2) is 0 Å². The van der Waals surface area contributed by atoms with Gasteiger partial charge in [-0.25, -0.2) is 4.90 Å². The van der Waals surface area contributed by atoms with Crippen molar-refractivity contribution in [3.8, 4) is 0 Å². The summed E-state index contributed by atoms with van der Waals surface area (Å²) in [6.45, 7) is 0.266. The molecule has 4 aliphatic carbocycles. The first-order valence-electron chi connectivity index (χ1n) is 8.44. The number of hydrogen-bond acceptors (Lipinski definition) is 4. The average molecular weight is 308 g/mol. The van der Waals surface area contributed by atoms with Gasteiger partial charge in [-0.1, -0.05) is 10.2 Å². The molecule has 21 heavy (non-hydrogen) atoms. The maximum absolute atomic E-state index is 8.92. The van der Waals surface area contributed by atoms with Gasteiger partial charge >= 0.3 is 0 Å². The molecule has 0 aromatic heterocycles. The van der Waals surface area contributed by atoms with E-state index < -0.39 is 0 Å². The van der Waals surface area contributed by atoms with Crippen molar-refractivity contribution in [1.29, 1.82) is 0 Å². The molecule has 0 aromatic rings. The van der Waals surface area contributed by atoms with Gasteiger partial charge in [-0.2, -0.15) is 0 Å². The van der Waals surface area contributed by atoms with Crippen molar-refractivity contribution in [2.45, 2.75) is 44.9 Å². The van der Waals surface area contributed by atoms with Crippen LogP contribution in [0.2, 0.25) is 0 Å². The monoisotopic (exact) mass is 308 g/mol. The van der Waals surface area contributed by atoms with Crippen molar-refractivity contribution in [3.63, 3.8) is 0 Å². The molecule has 0 spiro atoms. The van der Waals surface area contributed by atoms with Crippen LogP contribution in [0.5, 0.6) is 0 Å². The van der Waals surface area contributed by atoms with Crippen molar-refractivity contribution in [3.05, 3.63) is 0 Å². The third-order valence-corrected chi connectivity index (χ3v) is 7.15. The van der Waals surface area contributed by atoms with Gasteiger partial charge in [-0.15, -0.1) is 0 Å². The summed E-state index contributed by atoms with van der Waals surface area (Å²) in [6, 6.07) is 0. The van der Waals surface area contributed by atoms with Crippen molar-refractivity contribution < 1.29 is 10.0 Å². The number of amidine groups is 2. The minimum atomic E-state index is 0.266. The molecule has 0 radical (unpaired) electrons. The lowest BCUT2D eigenvalue weighted by Gasteiger charge is -2.55. The second-order valence-electron chi connectivity index (χ2n) is 7.60. The molecule has 116 valence electrons. The Morgan fingerprint density at radius 3 is 2.33 bits per heavy atom. The Bertz CT molecular complexity index is 453. The first kappa shape index (κ1) is 14.2. The number of quaternary nitrogens is 1. The molecule has 4 bridgehead atoms. The molecule has 0 amide bonds. The molecule has 4 nitrogen and oxygen atoms in total. The number of aliphatic hydroxyl groups excluding tert-OH is 1. The highest BCUT2D eigenvalue weighted by Gasteiger charge is 2.57. The summed E-state index contributed by atoms with van der Waals surface area (Å²) in [7, 11) is 2.22. The quantitative estimate of drug-likeness (QED) is 0.774. The lowest BCUT2D eigenvalue weighted by molar-refractivity contribution is -0.673. The van der Waals surface area contributed by atoms with Crippen LogP contribution in [0.3, 0.4) is 0 Å². The van der Waals surface area contributed by atoms with Gasteiger partial charge in [-0.05, 0) is 74.5 Å². The van der Waals surface area contributed by atoms with E-state index >= 15 is 0 Å². The predicted octanol–water partition coefficient (Wildman–Crippen LogP) is 1.52. The average Bonchev–Trinajstić information content (AvgIpc) is 2.80. The molecule has 1 atom stereocenters. The zero-order valence-electron chi connectivity index (χ0n) is 12.8. The molecule has 2 N–H and O–H groups in total. The van der Waals surface area contributed by atoms with Crippen LogP contribution in [-0.2, 0) is 0 Å². The Balaban J connectivity index is 1.48. The van der Waals surface area contributed by atoms with Crippen LogP contribution < -0.4 is 4.90 Å².